The summed E-state index contributed by atoms with van der Waals surface area (Å²) in [5.74, 6) is -1.31. The lowest BCUT2D eigenvalue weighted by molar-refractivity contribution is -0.387. The third-order valence-electron chi connectivity index (χ3n) is 3.74. The Morgan fingerprint density at radius 1 is 1.48 bits per heavy atom. The summed E-state index contributed by atoms with van der Waals surface area (Å²) in [7, 11) is 0. The van der Waals surface area contributed by atoms with Crippen LogP contribution in [0.15, 0.2) is 18.2 Å². The molecule has 0 aliphatic carbocycles. The standard InChI is InChI=1S/C14H17FN2O4/c15-12-5-4-10(9-13(12)17(20)21)14(19)16-7-2-1-3-11(16)6-8-18/h4-5,9,11,18H,1-3,6-8H2. The van der Waals surface area contributed by atoms with Gasteiger partial charge < -0.3 is 10.0 Å². The maximum Gasteiger partial charge on any atom is 0.305 e. The summed E-state index contributed by atoms with van der Waals surface area (Å²) in [5, 5.41) is 19.8. The first-order valence-electron chi connectivity index (χ1n) is 6.90. The fraction of sp³-hybridized carbons (Fsp3) is 0.500. The number of carbonyl (C=O) groups excluding carboxylic acids is 1. The Morgan fingerprint density at radius 2 is 2.24 bits per heavy atom. The quantitative estimate of drug-likeness (QED) is 0.681. The molecule has 21 heavy (non-hydrogen) atoms. The molecule has 1 unspecified atom stereocenters. The van der Waals surface area contributed by atoms with Gasteiger partial charge >= 0.3 is 5.69 Å². The van der Waals surface area contributed by atoms with E-state index in [1.165, 1.54) is 6.07 Å². The second-order valence-electron chi connectivity index (χ2n) is 5.08. The largest absolute Gasteiger partial charge is 0.396 e. The minimum absolute atomic E-state index is 0.0159. The summed E-state index contributed by atoms with van der Waals surface area (Å²) >= 11 is 0. The lowest BCUT2D eigenvalue weighted by Gasteiger charge is -2.35. The van der Waals surface area contributed by atoms with Gasteiger partial charge in [0, 0.05) is 30.8 Å². The molecule has 1 aromatic carbocycles. The summed E-state index contributed by atoms with van der Waals surface area (Å²) in [6.07, 6.45) is 3.12. The Kier molecular flexibility index (Phi) is 4.85. The van der Waals surface area contributed by atoms with Gasteiger partial charge in [-0.25, -0.2) is 0 Å². The second-order valence-corrected chi connectivity index (χ2v) is 5.08. The molecule has 1 saturated heterocycles. The monoisotopic (exact) mass is 296 g/mol. The van der Waals surface area contributed by atoms with Crippen LogP contribution >= 0.6 is 0 Å². The van der Waals surface area contributed by atoms with E-state index in [0.717, 1.165) is 31.4 Å². The Morgan fingerprint density at radius 3 is 2.90 bits per heavy atom. The predicted molar refractivity (Wildman–Crippen MR) is 73.4 cm³/mol. The number of piperidine rings is 1. The summed E-state index contributed by atoms with van der Waals surface area (Å²) in [6.45, 7) is 0.534. The molecule has 1 heterocycles. The molecule has 6 nitrogen and oxygen atoms in total. The number of benzene rings is 1. The van der Waals surface area contributed by atoms with Crippen molar-refractivity contribution >= 4 is 11.6 Å². The van der Waals surface area contributed by atoms with Crippen molar-refractivity contribution in [3.05, 3.63) is 39.7 Å². The van der Waals surface area contributed by atoms with E-state index in [2.05, 4.69) is 0 Å². The van der Waals surface area contributed by atoms with Crippen molar-refractivity contribution in [3.8, 4) is 0 Å². The molecule has 7 heteroatoms. The zero-order valence-corrected chi connectivity index (χ0v) is 11.5. The van der Waals surface area contributed by atoms with Crippen LogP contribution in [0.1, 0.15) is 36.0 Å². The lowest BCUT2D eigenvalue weighted by atomic mass is 9.98. The van der Waals surface area contributed by atoms with E-state index in [1.807, 2.05) is 0 Å². The number of hydrogen-bond donors (Lipinski definition) is 1. The maximum absolute atomic E-state index is 13.3. The Hall–Kier alpha value is -2.02. The molecule has 0 aromatic heterocycles. The van der Waals surface area contributed by atoms with E-state index >= 15 is 0 Å². The van der Waals surface area contributed by atoms with Crippen molar-refractivity contribution in [2.24, 2.45) is 0 Å². The van der Waals surface area contributed by atoms with Crippen LogP contribution in [-0.2, 0) is 0 Å². The van der Waals surface area contributed by atoms with E-state index < -0.39 is 16.4 Å². The number of carbonyl (C=O) groups is 1. The van der Waals surface area contributed by atoms with Gasteiger partial charge in [-0.05, 0) is 37.8 Å². The minimum atomic E-state index is -0.956. The number of nitrogens with zero attached hydrogens (tertiary/aromatic N) is 2. The molecule has 1 aliphatic heterocycles. The zero-order valence-electron chi connectivity index (χ0n) is 11.5. The number of nitro benzene ring substituents is 1. The van der Waals surface area contributed by atoms with Gasteiger partial charge in [-0.15, -0.1) is 0 Å². The van der Waals surface area contributed by atoms with Crippen LogP contribution in [0, 0.1) is 15.9 Å². The highest BCUT2D eigenvalue weighted by Gasteiger charge is 2.28. The number of hydrogen-bond acceptors (Lipinski definition) is 4. The van der Waals surface area contributed by atoms with Crippen molar-refractivity contribution in [1.82, 2.24) is 4.90 Å². The number of aliphatic hydroxyl groups is 1. The maximum atomic E-state index is 13.3. The SMILES string of the molecule is O=C(c1ccc(F)c([N+](=O)[O-])c1)N1CCCCC1CCO. The Bertz CT molecular complexity index is 548. The molecular weight excluding hydrogens is 279 g/mol. The molecule has 1 amide bonds. The molecule has 1 aliphatic rings. The number of nitro groups is 1. The fourth-order valence-corrected chi connectivity index (χ4v) is 2.67. The van der Waals surface area contributed by atoms with E-state index in [-0.39, 0.29) is 24.1 Å². The van der Waals surface area contributed by atoms with Crippen molar-refractivity contribution in [2.45, 2.75) is 31.7 Å². The molecule has 114 valence electrons. The van der Waals surface area contributed by atoms with Gasteiger partial charge in [0.25, 0.3) is 5.91 Å². The average Bonchev–Trinajstić information content (AvgIpc) is 2.47. The molecule has 0 bridgehead atoms. The van der Waals surface area contributed by atoms with Crippen LogP contribution in [0.25, 0.3) is 0 Å². The molecule has 1 atom stereocenters. The van der Waals surface area contributed by atoms with Crippen LogP contribution in [0.4, 0.5) is 10.1 Å². The highest BCUT2D eigenvalue weighted by molar-refractivity contribution is 5.95. The highest BCUT2D eigenvalue weighted by Crippen LogP contribution is 2.24. The van der Waals surface area contributed by atoms with Crippen molar-refractivity contribution in [1.29, 1.82) is 0 Å². The number of amides is 1. The smallest absolute Gasteiger partial charge is 0.305 e. The molecule has 0 spiro atoms. The van der Waals surface area contributed by atoms with E-state index in [1.54, 1.807) is 4.90 Å². The molecule has 0 radical (unpaired) electrons. The van der Waals surface area contributed by atoms with E-state index in [0.29, 0.717) is 13.0 Å². The summed E-state index contributed by atoms with van der Waals surface area (Å²) in [5.41, 5.74) is -0.593. The average molecular weight is 296 g/mol. The molecular formula is C14H17FN2O4. The molecule has 2 rings (SSSR count). The van der Waals surface area contributed by atoms with E-state index in [9.17, 15) is 19.3 Å². The van der Waals surface area contributed by atoms with Crippen LogP contribution in [0.3, 0.4) is 0 Å². The van der Waals surface area contributed by atoms with Crippen LogP contribution in [-0.4, -0.2) is 40.0 Å². The van der Waals surface area contributed by atoms with Gasteiger partial charge in [0.15, 0.2) is 0 Å². The first-order chi connectivity index (χ1) is 10.0. The minimum Gasteiger partial charge on any atom is -0.396 e. The van der Waals surface area contributed by atoms with Crippen LogP contribution in [0.2, 0.25) is 0 Å². The summed E-state index contributed by atoms with van der Waals surface area (Å²) in [4.78, 5) is 24.0. The van der Waals surface area contributed by atoms with Gasteiger partial charge in [0.1, 0.15) is 0 Å². The molecule has 1 aromatic rings. The van der Waals surface area contributed by atoms with Gasteiger partial charge in [-0.3, -0.25) is 14.9 Å². The van der Waals surface area contributed by atoms with Crippen LogP contribution < -0.4 is 0 Å². The number of likely N-dealkylation sites (tertiary alicyclic amines) is 1. The zero-order chi connectivity index (χ0) is 15.4. The number of halogens is 1. The molecule has 1 fully saturated rings. The fourth-order valence-electron chi connectivity index (χ4n) is 2.67. The van der Waals surface area contributed by atoms with Crippen molar-refractivity contribution in [2.75, 3.05) is 13.2 Å². The number of aliphatic hydroxyl groups excluding tert-OH is 1. The van der Waals surface area contributed by atoms with Gasteiger partial charge in [-0.2, -0.15) is 4.39 Å². The predicted octanol–water partition coefficient (Wildman–Crippen LogP) is 2.11. The summed E-state index contributed by atoms with van der Waals surface area (Å²) < 4.78 is 13.3. The molecule has 1 N–H and O–H groups in total. The van der Waals surface area contributed by atoms with Gasteiger partial charge in [0.05, 0.1) is 4.92 Å². The third-order valence-corrected chi connectivity index (χ3v) is 3.74. The van der Waals surface area contributed by atoms with E-state index in [4.69, 9.17) is 5.11 Å². The number of rotatable bonds is 4. The normalized spacial score (nSPS) is 18.6. The Balaban J connectivity index is 2.26. The van der Waals surface area contributed by atoms with Crippen molar-refractivity contribution in [3.63, 3.8) is 0 Å². The first-order valence-corrected chi connectivity index (χ1v) is 6.90. The molecule has 0 saturated carbocycles. The van der Waals surface area contributed by atoms with Gasteiger partial charge in [-0.1, -0.05) is 0 Å². The third kappa shape index (κ3) is 3.36. The van der Waals surface area contributed by atoms with Gasteiger partial charge in [0.2, 0.25) is 5.82 Å². The second kappa shape index (κ2) is 6.62. The summed E-state index contributed by atoms with van der Waals surface area (Å²) in [6, 6.07) is 3.11. The highest BCUT2D eigenvalue weighted by atomic mass is 19.1. The van der Waals surface area contributed by atoms with Crippen molar-refractivity contribution < 1.29 is 19.2 Å². The van der Waals surface area contributed by atoms with Crippen LogP contribution in [0.5, 0.6) is 0 Å². The topological polar surface area (TPSA) is 83.7 Å². The Labute approximate surface area is 121 Å². The lowest BCUT2D eigenvalue weighted by Crippen LogP contribution is -2.44. The first kappa shape index (κ1) is 15.4.